The van der Waals surface area contributed by atoms with Gasteiger partial charge in [-0.05, 0) is 47.1 Å². The molecular weight excluding hydrogens is 482 g/mol. The molecule has 8 heteroatoms. The average Bonchev–Trinajstić information content (AvgIpc) is 3.23. The van der Waals surface area contributed by atoms with E-state index in [0.29, 0.717) is 27.1 Å². The molecular formula is C18H15Br2N3O2S. The van der Waals surface area contributed by atoms with Crippen LogP contribution in [0.2, 0.25) is 0 Å². The number of nitrogens with zero attached hydrogens (tertiary/aromatic N) is 3. The summed E-state index contributed by atoms with van der Waals surface area (Å²) in [6.07, 6.45) is 3.20. The Bertz CT molecular complexity index is 1030. The van der Waals surface area contributed by atoms with Crippen molar-refractivity contribution in [2.24, 2.45) is 10.1 Å². The predicted molar refractivity (Wildman–Crippen MR) is 112 cm³/mol. The maximum Gasteiger partial charge on any atom is 0.206 e. The first-order valence-electron chi connectivity index (χ1n) is 7.57. The van der Waals surface area contributed by atoms with E-state index in [9.17, 15) is 5.11 Å². The van der Waals surface area contributed by atoms with Gasteiger partial charge in [0.05, 0.1) is 23.5 Å². The summed E-state index contributed by atoms with van der Waals surface area (Å²) in [5, 5.41) is 16.7. The minimum Gasteiger partial charge on any atom is -0.506 e. The Morgan fingerprint density at radius 2 is 2.23 bits per heavy atom. The molecule has 0 unspecified atom stereocenters. The van der Waals surface area contributed by atoms with Gasteiger partial charge < -0.3 is 9.52 Å². The molecule has 1 aromatic carbocycles. The van der Waals surface area contributed by atoms with Crippen LogP contribution in [-0.2, 0) is 0 Å². The lowest BCUT2D eigenvalue weighted by atomic mass is 10.2. The zero-order valence-corrected chi connectivity index (χ0v) is 17.8. The van der Waals surface area contributed by atoms with Crippen molar-refractivity contribution >= 4 is 49.4 Å². The van der Waals surface area contributed by atoms with Crippen LogP contribution in [-0.4, -0.2) is 22.5 Å². The molecule has 134 valence electrons. The van der Waals surface area contributed by atoms with Gasteiger partial charge in [-0.15, -0.1) is 11.3 Å². The molecule has 0 spiro atoms. The molecule has 26 heavy (non-hydrogen) atoms. The summed E-state index contributed by atoms with van der Waals surface area (Å²) >= 11 is 8.21. The van der Waals surface area contributed by atoms with Crippen LogP contribution in [0.1, 0.15) is 12.5 Å². The van der Waals surface area contributed by atoms with Gasteiger partial charge in [0.2, 0.25) is 4.80 Å². The second-order valence-corrected chi connectivity index (χ2v) is 8.14. The third-order valence-electron chi connectivity index (χ3n) is 3.31. The first kappa shape index (κ1) is 18.9. The minimum absolute atomic E-state index is 0.118. The van der Waals surface area contributed by atoms with Gasteiger partial charge in [-0.1, -0.05) is 28.1 Å². The molecule has 0 amide bonds. The summed E-state index contributed by atoms with van der Waals surface area (Å²) in [5.74, 6) is 0.808. The molecule has 3 aromatic rings. The summed E-state index contributed by atoms with van der Waals surface area (Å²) in [6, 6.07) is 7.24. The van der Waals surface area contributed by atoms with Crippen molar-refractivity contribution < 1.29 is 9.52 Å². The number of halogens is 2. The molecule has 0 radical (unpaired) electrons. The normalized spacial score (nSPS) is 12.2. The maximum atomic E-state index is 10.2. The lowest BCUT2D eigenvalue weighted by molar-refractivity contribution is 0.471. The molecule has 0 saturated carbocycles. The van der Waals surface area contributed by atoms with Gasteiger partial charge in [0.25, 0.3) is 0 Å². The highest BCUT2D eigenvalue weighted by atomic mass is 79.9. The molecule has 3 rings (SSSR count). The van der Waals surface area contributed by atoms with Crippen LogP contribution in [0.25, 0.3) is 11.5 Å². The molecule has 0 aliphatic rings. The Hall–Kier alpha value is -1.90. The van der Waals surface area contributed by atoms with Gasteiger partial charge in [0, 0.05) is 15.4 Å². The average molecular weight is 497 g/mol. The first-order valence-corrected chi connectivity index (χ1v) is 10.0. The smallest absolute Gasteiger partial charge is 0.206 e. The number of aromatic hydroxyl groups is 1. The van der Waals surface area contributed by atoms with Crippen molar-refractivity contribution in [3.63, 3.8) is 0 Å². The third kappa shape index (κ3) is 4.25. The monoisotopic (exact) mass is 495 g/mol. The van der Waals surface area contributed by atoms with Crippen LogP contribution in [0.5, 0.6) is 5.75 Å². The Morgan fingerprint density at radius 3 is 2.92 bits per heavy atom. The number of phenols is 1. The van der Waals surface area contributed by atoms with Crippen LogP contribution < -0.4 is 4.80 Å². The highest BCUT2D eigenvalue weighted by Gasteiger charge is 2.11. The van der Waals surface area contributed by atoms with Crippen molar-refractivity contribution in [3.8, 4) is 17.2 Å². The molecule has 0 saturated heterocycles. The second-order valence-electron chi connectivity index (χ2n) is 5.54. The highest BCUT2D eigenvalue weighted by molar-refractivity contribution is 9.11. The lowest BCUT2D eigenvalue weighted by Crippen LogP contribution is -2.12. The second kappa shape index (κ2) is 8.20. The van der Waals surface area contributed by atoms with Gasteiger partial charge in [-0.3, -0.25) is 4.99 Å². The van der Waals surface area contributed by atoms with E-state index >= 15 is 0 Å². The van der Waals surface area contributed by atoms with Gasteiger partial charge in [-0.2, -0.15) is 5.10 Å². The summed E-state index contributed by atoms with van der Waals surface area (Å²) in [7, 11) is 0. The third-order valence-corrected chi connectivity index (χ3v) is 5.23. The number of hydrogen-bond acceptors (Lipinski definition) is 5. The zero-order valence-electron chi connectivity index (χ0n) is 13.8. The van der Waals surface area contributed by atoms with Crippen molar-refractivity contribution in [3.05, 3.63) is 67.4 Å². The van der Waals surface area contributed by atoms with Crippen molar-refractivity contribution in [1.29, 1.82) is 0 Å². The van der Waals surface area contributed by atoms with E-state index in [0.717, 1.165) is 15.7 Å². The molecule has 2 heterocycles. The minimum atomic E-state index is 0.118. The van der Waals surface area contributed by atoms with Crippen molar-refractivity contribution in [2.45, 2.75) is 6.92 Å². The fraction of sp³-hybridized carbons (Fsp3) is 0.111. The Labute approximate surface area is 171 Å². The SMILES string of the molecule is C=C(C)CN=c1scc(-c2ccco2)n1/N=C/c1cc(Br)cc(Br)c1O. The van der Waals surface area contributed by atoms with Gasteiger partial charge in [0.1, 0.15) is 11.4 Å². The fourth-order valence-corrected chi connectivity index (χ4v) is 4.20. The molecule has 0 aliphatic heterocycles. The largest absolute Gasteiger partial charge is 0.506 e. The number of rotatable bonds is 5. The zero-order chi connectivity index (χ0) is 18.7. The standard InChI is InChI=1S/C18H15Br2N3O2S/c1-11(2)8-21-18-23(15(10-26-18)16-4-3-5-25-16)22-9-12-6-13(19)7-14(20)17(12)24/h3-7,9-10,24H,1,8H2,2H3/b21-18?,22-9+. The number of hydrogen-bond donors (Lipinski definition) is 1. The molecule has 0 atom stereocenters. The van der Waals surface area contributed by atoms with Crippen LogP contribution in [0, 0.1) is 0 Å². The number of benzene rings is 1. The summed E-state index contributed by atoms with van der Waals surface area (Å²) in [5.41, 5.74) is 2.31. The van der Waals surface area contributed by atoms with Crippen LogP contribution in [0.4, 0.5) is 0 Å². The molecule has 0 fully saturated rings. The molecule has 0 aliphatic carbocycles. The summed E-state index contributed by atoms with van der Waals surface area (Å²) in [4.78, 5) is 5.26. The van der Waals surface area contributed by atoms with E-state index in [1.807, 2.05) is 24.4 Å². The van der Waals surface area contributed by atoms with E-state index in [1.54, 1.807) is 29.3 Å². The Balaban J connectivity index is 2.09. The van der Waals surface area contributed by atoms with E-state index in [1.165, 1.54) is 11.3 Å². The number of thiazole rings is 1. The van der Waals surface area contributed by atoms with E-state index in [-0.39, 0.29) is 5.75 Å². The number of aromatic nitrogens is 1. The maximum absolute atomic E-state index is 10.2. The van der Waals surface area contributed by atoms with E-state index in [4.69, 9.17) is 4.42 Å². The predicted octanol–water partition coefficient (Wildman–Crippen LogP) is 5.40. The van der Waals surface area contributed by atoms with Gasteiger partial charge >= 0.3 is 0 Å². The van der Waals surface area contributed by atoms with E-state index in [2.05, 4.69) is 48.5 Å². The fourth-order valence-electron chi connectivity index (χ4n) is 2.12. The number of furan rings is 1. The Kier molecular flexibility index (Phi) is 5.95. The first-order chi connectivity index (χ1) is 12.5. The highest BCUT2D eigenvalue weighted by Crippen LogP contribution is 2.30. The van der Waals surface area contributed by atoms with Crippen LogP contribution in [0.15, 0.2) is 71.5 Å². The van der Waals surface area contributed by atoms with Gasteiger partial charge in [0.15, 0.2) is 5.76 Å². The summed E-state index contributed by atoms with van der Waals surface area (Å²) < 4.78 is 8.61. The van der Waals surface area contributed by atoms with Gasteiger partial charge in [-0.25, -0.2) is 4.68 Å². The van der Waals surface area contributed by atoms with Crippen molar-refractivity contribution in [2.75, 3.05) is 6.54 Å². The number of phenolic OH excluding ortho intramolecular Hbond substituents is 1. The molecule has 1 N–H and O–H groups in total. The topological polar surface area (TPSA) is 63.0 Å². The van der Waals surface area contributed by atoms with Crippen molar-refractivity contribution in [1.82, 2.24) is 4.68 Å². The molecule has 2 aromatic heterocycles. The lowest BCUT2D eigenvalue weighted by Gasteiger charge is -2.04. The van der Waals surface area contributed by atoms with Crippen LogP contribution >= 0.6 is 43.2 Å². The molecule has 5 nitrogen and oxygen atoms in total. The molecule has 0 bridgehead atoms. The van der Waals surface area contributed by atoms with Crippen LogP contribution in [0.3, 0.4) is 0 Å². The quantitative estimate of drug-likeness (QED) is 0.379. The summed E-state index contributed by atoms with van der Waals surface area (Å²) in [6.45, 7) is 6.32. The Morgan fingerprint density at radius 1 is 1.42 bits per heavy atom. The van der Waals surface area contributed by atoms with E-state index < -0.39 is 0 Å².